The Hall–Kier alpha value is -2.58. The molecular formula is C25H32N6OS. The number of amides is 1. The number of thiophene rings is 1. The molecule has 2 aromatic heterocycles. The van der Waals surface area contributed by atoms with Crippen molar-refractivity contribution in [2.45, 2.75) is 58.0 Å². The third kappa shape index (κ3) is 3.10. The summed E-state index contributed by atoms with van der Waals surface area (Å²) in [6, 6.07) is 0. The molecule has 2 fully saturated rings. The summed E-state index contributed by atoms with van der Waals surface area (Å²) in [6.07, 6.45) is 8.64. The number of likely N-dealkylation sites (tertiary alicyclic amines) is 1. The fourth-order valence-corrected chi connectivity index (χ4v) is 7.88. The van der Waals surface area contributed by atoms with Crippen molar-refractivity contribution in [2.75, 3.05) is 19.6 Å². The molecule has 4 N–H and O–H groups in total. The molecule has 3 unspecified atom stereocenters. The number of piperidine rings is 1. The minimum Gasteiger partial charge on any atom is -0.369 e. The number of hydrogen-bond acceptors (Lipinski definition) is 6. The Labute approximate surface area is 198 Å². The van der Waals surface area contributed by atoms with Gasteiger partial charge in [-0.25, -0.2) is 4.99 Å². The number of hydrazine groups is 1. The lowest BCUT2D eigenvalue weighted by Gasteiger charge is -2.32. The number of nitrogens with one attached hydrogen (secondary N) is 2. The number of nitrogens with zero attached hydrogens (tertiary/aromatic N) is 3. The number of aryl methyl sites for hydroxylation is 1. The molecule has 33 heavy (non-hydrogen) atoms. The molecule has 3 atom stereocenters. The molecular weight excluding hydrogens is 432 g/mol. The van der Waals surface area contributed by atoms with Gasteiger partial charge in [-0.05, 0) is 67.8 Å². The van der Waals surface area contributed by atoms with Crippen molar-refractivity contribution in [1.82, 2.24) is 20.3 Å². The second-order valence-electron chi connectivity index (χ2n) is 10.5. The maximum absolute atomic E-state index is 11.5. The van der Waals surface area contributed by atoms with Crippen LogP contribution in [0.2, 0.25) is 0 Å². The fourth-order valence-electron chi connectivity index (χ4n) is 6.39. The summed E-state index contributed by atoms with van der Waals surface area (Å²) >= 11 is 1.93. The lowest BCUT2D eigenvalue weighted by atomic mass is 9.89. The van der Waals surface area contributed by atoms with E-state index in [0.29, 0.717) is 12.5 Å². The van der Waals surface area contributed by atoms with E-state index >= 15 is 0 Å². The van der Waals surface area contributed by atoms with Gasteiger partial charge in [0, 0.05) is 34.0 Å². The average Bonchev–Trinajstić information content (AvgIpc) is 3.06. The highest BCUT2D eigenvalue weighted by Gasteiger charge is 2.59. The van der Waals surface area contributed by atoms with E-state index in [2.05, 4.69) is 65.3 Å². The van der Waals surface area contributed by atoms with Gasteiger partial charge in [0.2, 0.25) is 5.91 Å². The maximum Gasteiger partial charge on any atom is 0.231 e. The van der Waals surface area contributed by atoms with Gasteiger partial charge < -0.3 is 10.7 Å². The van der Waals surface area contributed by atoms with Crippen molar-refractivity contribution in [2.24, 2.45) is 16.6 Å². The van der Waals surface area contributed by atoms with Crippen molar-refractivity contribution >= 4 is 39.4 Å². The van der Waals surface area contributed by atoms with Crippen LogP contribution in [-0.2, 0) is 10.2 Å². The summed E-state index contributed by atoms with van der Waals surface area (Å²) in [5.74, 6) is 0.903. The van der Waals surface area contributed by atoms with E-state index in [1.165, 1.54) is 49.5 Å². The smallest absolute Gasteiger partial charge is 0.231 e. The Balaban J connectivity index is 1.42. The van der Waals surface area contributed by atoms with Crippen molar-refractivity contribution < 1.29 is 4.79 Å². The number of hydrogen-bond donors (Lipinski definition) is 3. The van der Waals surface area contributed by atoms with Gasteiger partial charge in [-0.1, -0.05) is 13.8 Å². The van der Waals surface area contributed by atoms with Gasteiger partial charge in [-0.15, -0.1) is 11.3 Å². The highest BCUT2D eigenvalue weighted by Crippen LogP contribution is 2.62. The molecule has 1 amide bonds. The first kappa shape index (κ1) is 21.0. The predicted octanol–water partition coefficient (Wildman–Crippen LogP) is 3.59. The molecule has 0 aromatic carbocycles. The molecule has 1 saturated heterocycles. The number of rotatable bonds is 5. The largest absolute Gasteiger partial charge is 0.369 e. The summed E-state index contributed by atoms with van der Waals surface area (Å²) in [7, 11) is 0. The van der Waals surface area contributed by atoms with Crippen LogP contribution in [0, 0.1) is 12.8 Å². The lowest BCUT2D eigenvalue weighted by Crippen LogP contribution is -2.43. The van der Waals surface area contributed by atoms with Crippen LogP contribution in [0.25, 0.3) is 15.8 Å². The van der Waals surface area contributed by atoms with Gasteiger partial charge in [0.15, 0.2) is 6.17 Å². The van der Waals surface area contributed by atoms with Crippen LogP contribution >= 0.6 is 11.3 Å². The van der Waals surface area contributed by atoms with Crippen LogP contribution in [-0.4, -0.2) is 52.9 Å². The van der Waals surface area contributed by atoms with Gasteiger partial charge in [-0.3, -0.25) is 20.1 Å². The zero-order chi connectivity index (χ0) is 23.1. The van der Waals surface area contributed by atoms with Crippen LogP contribution in [0.3, 0.4) is 0 Å². The second-order valence-corrected chi connectivity index (χ2v) is 11.5. The molecule has 1 saturated carbocycles. The molecule has 3 aliphatic heterocycles. The lowest BCUT2D eigenvalue weighted by molar-refractivity contribution is -0.119. The van der Waals surface area contributed by atoms with Gasteiger partial charge in [0.05, 0.1) is 12.2 Å². The van der Waals surface area contributed by atoms with Gasteiger partial charge >= 0.3 is 0 Å². The summed E-state index contributed by atoms with van der Waals surface area (Å²) in [4.78, 5) is 24.9. The Morgan fingerprint density at radius 3 is 2.97 bits per heavy atom. The maximum atomic E-state index is 11.5. The molecule has 5 heterocycles. The number of primary amides is 1. The number of nitrogens with two attached hydrogens (primary N) is 1. The van der Waals surface area contributed by atoms with E-state index < -0.39 is 0 Å². The molecule has 4 aliphatic rings. The Kier molecular flexibility index (Phi) is 4.58. The number of aliphatic imine (C=N–C) groups is 1. The molecule has 6 rings (SSSR count). The van der Waals surface area contributed by atoms with E-state index in [4.69, 9.17) is 5.73 Å². The quantitative estimate of drug-likeness (QED) is 0.631. The van der Waals surface area contributed by atoms with E-state index in [9.17, 15) is 4.79 Å². The molecule has 8 heteroatoms. The zero-order valence-electron chi connectivity index (χ0n) is 19.7. The number of aromatic amines is 1. The number of aromatic nitrogens is 1. The first-order valence-corrected chi connectivity index (χ1v) is 12.7. The second kappa shape index (κ2) is 7.21. The number of allylic oxidation sites excluding steroid dienone is 2. The number of carbonyl (C=O) groups is 1. The standard InChI is InChI=1S/C25H32N6OS/c1-13(2)19-20-15(4)22(25-8-17(25)5-6-30(11-25)10-18(26)32)33-24(20)29-21(19)16-7-14(3)23-27-12-28-31(23)9-16/h7,9,12-13,17,23,29H,5-6,8,10-11H2,1-4H3,(H2,26,32)(H,27,28). The Morgan fingerprint density at radius 1 is 1.39 bits per heavy atom. The summed E-state index contributed by atoms with van der Waals surface area (Å²) in [6.45, 7) is 11.3. The van der Waals surface area contributed by atoms with E-state index in [-0.39, 0.29) is 17.5 Å². The highest BCUT2D eigenvalue weighted by molar-refractivity contribution is 7.19. The van der Waals surface area contributed by atoms with Crippen molar-refractivity contribution in [3.63, 3.8) is 0 Å². The van der Waals surface area contributed by atoms with Crippen LogP contribution in [0.1, 0.15) is 61.2 Å². The Bertz CT molecular complexity index is 1250. The molecule has 0 radical (unpaired) electrons. The fraction of sp³-hybridized carbons (Fsp3) is 0.520. The van der Waals surface area contributed by atoms with Gasteiger partial charge in [-0.2, -0.15) is 0 Å². The molecule has 2 aromatic rings. The minimum atomic E-state index is -0.227. The number of H-pyrrole nitrogens is 1. The zero-order valence-corrected chi connectivity index (χ0v) is 20.6. The minimum absolute atomic E-state index is 0.0567. The van der Waals surface area contributed by atoms with Gasteiger partial charge in [0.1, 0.15) is 11.2 Å². The Morgan fingerprint density at radius 2 is 2.21 bits per heavy atom. The monoisotopic (exact) mass is 464 g/mol. The SMILES string of the molecule is CC1=CC(c2[nH]c3sc(C45CC4CCN(CC(N)=O)C5)c(C)c3c2C(C)C)=CN2NC=NC12. The summed E-state index contributed by atoms with van der Waals surface area (Å²) in [5.41, 5.74) is 15.4. The summed E-state index contributed by atoms with van der Waals surface area (Å²) < 4.78 is 0. The van der Waals surface area contributed by atoms with Crippen LogP contribution in [0.15, 0.2) is 22.8 Å². The third-order valence-electron chi connectivity index (χ3n) is 7.91. The van der Waals surface area contributed by atoms with E-state index in [1.54, 1.807) is 6.34 Å². The normalized spacial score (nSPS) is 28.6. The number of carbonyl (C=O) groups excluding carboxylic acids is 1. The first-order chi connectivity index (χ1) is 15.8. The molecule has 0 bridgehead atoms. The van der Waals surface area contributed by atoms with Crippen LogP contribution in [0.5, 0.6) is 0 Å². The van der Waals surface area contributed by atoms with Crippen LogP contribution < -0.4 is 11.2 Å². The first-order valence-electron chi connectivity index (χ1n) is 11.9. The molecule has 174 valence electrons. The molecule has 7 nitrogen and oxygen atoms in total. The van der Waals surface area contributed by atoms with Crippen LogP contribution in [0.4, 0.5) is 0 Å². The summed E-state index contributed by atoms with van der Waals surface area (Å²) in [5, 5.41) is 3.47. The highest BCUT2D eigenvalue weighted by atomic mass is 32.1. The van der Waals surface area contributed by atoms with E-state index in [1.807, 2.05) is 11.3 Å². The predicted molar refractivity (Wildman–Crippen MR) is 134 cm³/mol. The third-order valence-corrected chi connectivity index (χ3v) is 9.33. The average molecular weight is 465 g/mol. The molecule has 1 aliphatic carbocycles. The molecule has 0 spiro atoms. The van der Waals surface area contributed by atoms with Crippen molar-refractivity contribution in [3.8, 4) is 0 Å². The number of fused-ring (bicyclic) bond motifs is 3. The van der Waals surface area contributed by atoms with Crippen molar-refractivity contribution in [1.29, 1.82) is 0 Å². The van der Waals surface area contributed by atoms with E-state index in [0.717, 1.165) is 25.4 Å². The topological polar surface area (TPSA) is 89.8 Å². The van der Waals surface area contributed by atoms with Crippen molar-refractivity contribution in [3.05, 3.63) is 39.5 Å². The van der Waals surface area contributed by atoms with Gasteiger partial charge in [0.25, 0.3) is 0 Å².